The maximum Gasteiger partial charge on any atom is 0.275 e. The number of halogens is 1. The molecule has 0 fully saturated rings. The predicted octanol–water partition coefficient (Wildman–Crippen LogP) is 2.88. The zero-order chi connectivity index (χ0) is 15.4. The number of nitrogens with one attached hydrogen (secondary N) is 1. The molecule has 0 aliphatic heterocycles. The molecule has 0 aliphatic carbocycles. The Labute approximate surface area is 127 Å². The molecule has 21 heavy (non-hydrogen) atoms. The molecule has 0 aliphatic rings. The minimum absolute atomic E-state index is 0.293. The molecule has 1 heterocycles. The van der Waals surface area contributed by atoms with Gasteiger partial charge in [0.15, 0.2) is 0 Å². The lowest BCUT2D eigenvalue weighted by atomic mass is 10.1. The maximum atomic E-state index is 14.2. The van der Waals surface area contributed by atoms with Gasteiger partial charge in [-0.2, -0.15) is 0 Å². The molecule has 4 nitrogen and oxygen atoms in total. The minimum atomic E-state index is -0.366. The molecule has 2 rings (SSSR count). The number of hydrogen-bond donors (Lipinski definition) is 2. The Balaban J connectivity index is 2.44. The molecular formula is C15H20FN3OS. The standard InChI is InChI=1S/C15H20FN3OS/c1-3-4-8-19(2)9-10-13-11(16)6-5-7-12(13)21-14(10)15(20)18-17/h5-7H,3-4,8-9,17H2,1-2H3,(H,18,20). The molecule has 2 aromatic rings. The molecule has 6 heteroatoms. The molecule has 0 atom stereocenters. The van der Waals surface area contributed by atoms with E-state index < -0.39 is 0 Å². The lowest BCUT2D eigenvalue weighted by Crippen LogP contribution is -2.30. The first-order valence-corrected chi connectivity index (χ1v) is 7.79. The lowest BCUT2D eigenvalue weighted by molar-refractivity contribution is 0.0956. The van der Waals surface area contributed by atoms with Gasteiger partial charge < -0.3 is 4.90 Å². The fourth-order valence-corrected chi connectivity index (χ4v) is 3.47. The van der Waals surface area contributed by atoms with Crippen molar-refractivity contribution in [3.63, 3.8) is 0 Å². The zero-order valence-corrected chi connectivity index (χ0v) is 13.1. The van der Waals surface area contributed by atoms with Crippen LogP contribution < -0.4 is 11.3 Å². The first-order chi connectivity index (χ1) is 10.1. The van der Waals surface area contributed by atoms with Crippen molar-refractivity contribution < 1.29 is 9.18 Å². The van der Waals surface area contributed by atoms with E-state index in [2.05, 4.69) is 17.2 Å². The summed E-state index contributed by atoms with van der Waals surface area (Å²) in [5.41, 5.74) is 2.87. The number of nitrogens with two attached hydrogens (primary N) is 1. The highest BCUT2D eigenvalue weighted by Gasteiger charge is 2.21. The third kappa shape index (κ3) is 3.40. The van der Waals surface area contributed by atoms with Crippen molar-refractivity contribution in [2.24, 2.45) is 5.84 Å². The quantitative estimate of drug-likeness (QED) is 0.490. The number of unbranched alkanes of at least 4 members (excludes halogenated alkanes) is 1. The van der Waals surface area contributed by atoms with Crippen molar-refractivity contribution in [1.82, 2.24) is 10.3 Å². The predicted molar refractivity (Wildman–Crippen MR) is 84.7 cm³/mol. The number of carbonyl (C=O) groups excluding carboxylic acids is 1. The van der Waals surface area contributed by atoms with E-state index in [1.54, 1.807) is 6.07 Å². The number of benzene rings is 1. The van der Waals surface area contributed by atoms with Crippen LogP contribution in [0.1, 0.15) is 35.0 Å². The van der Waals surface area contributed by atoms with Crippen molar-refractivity contribution in [3.05, 3.63) is 34.5 Å². The molecule has 1 amide bonds. The first kappa shape index (κ1) is 15.9. The molecule has 114 valence electrons. The van der Waals surface area contributed by atoms with Gasteiger partial charge in [-0.05, 0) is 32.1 Å². The molecule has 3 N–H and O–H groups in total. The minimum Gasteiger partial charge on any atom is -0.302 e. The number of nitrogen functional groups attached to an aromatic ring is 1. The van der Waals surface area contributed by atoms with E-state index in [9.17, 15) is 9.18 Å². The summed E-state index contributed by atoms with van der Waals surface area (Å²) in [6.07, 6.45) is 2.17. The van der Waals surface area contributed by atoms with Crippen LogP contribution in [0.5, 0.6) is 0 Å². The third-order valence-corrected chi connectivity index (χ3v) is 4.62. The fraction of sp³-hybridized carbons (Fsp3) is 0.400. The Morgan fingerprint density at radius 1 is 1.48 bits per heavy atom. The Morgan fingerprint density at radius 2 is 2.24 bits per heavy atom. The first-order valence-electron chi connectivity index (χ1n) is 6.97. The number of hydrogen-bond acceptors (Lipinski definition) is 4. The highest BCUT2D eigenvalue weighted by molar-refractivity contribution is 7.21. The average molecular weight is 309 g/mol. The number of fused-ring (bicyclic) bond motifs is 1. The van der Waals surface area contributed by atoms with Crippen molar-refractivity contribution in [1.29, 1.82) is 0 Å². The van der Waals surface area contributed by atoms with Gasteiger partial charge in [0.25, 0.3) is 5.91 Å². The summed E-state index contributed by atoms with van der Waals surface area (Å²) in [5.74, 6) is 4.58. The van der Waals surface area contributed by atoms with Gasteiger partial charge in [-0.3, -0.25) is 10.2 Å². The lowest BCUT2D eigenvalue weighted by Gasteiger charge is -2.16. The van der Waals surface area contributed by atoms with Crippen LogP contribution in [-0.4, -0.2) is 24.4 Å². The van der Waals surface area contributed by atoms with Gasteiger partial charge in [0, 0.05) is 22.2 Å². The van der Waals surface area contributed by atoms with Crippen LogP contribution in [0.25, 0.3) is 10.1 Å². The maximum absolute atomic E-state index is 14.2. The average Bonchev–Trinajstić information content (AvgIpc) is 2.84. The van der Waals surface area contributed by atoms with Crippen LogP contribution in [-0.2, 0) is 6.54 Å². The summed E-state index contributed by atoms with van der Waals surface area (Å²) in [7, 11) is 1.98. The van der Waals surface area contributed by atoms with Gasteiger partial charge in [-0.15, -0.1) is 11.3 Å². The van der Waals surface area contributed by atoms with Crippen LogP contribution in [0.2, 0.25) is 0 Å². The van der Waals surface area contributed by atoms with Crippen LogP contribution in [0.3, 0.4) is 0 Å². The van der Waals surface area contributed by atoms with Gasteiger partial charge in [0.05, 0.1) is 4.88 Å². The highest BCUT2D eigenvalue weighted by atomic mass is 32.1. The molecule has 0 spiro atoms. The van der Waals surface area contributed by atoms with Crippen LogP contribution >= 0.6 is 11.3 Å². The second kappa shape index (κ2) is 6.98. The molecule has 1 aromatic heterocycles. The second-order valence-electron chi connectivity index (χ2n) is 5.09. The van der Waals surface area contributed by atoms with Crippen molar-refractivity contribution in [2.75, 3.05) is 13.6 Å². The molecule has 0 saturated heterocycles. The molecule has 0 saturated carbocycles. The summed E-state index contributed by atoms with van der Waals surface area (Å²) in [6, 6.07) is 4.91. The van der Waals surface area contributed by atoms with Gasteiger partial charge in [0.2, 0.25) is 0 Å². The Morgan fingerprint density at radius 3 is 2.90 bits per heavy atom. The number of nitrogens with zero attached hydrogens (tertiary/aromatic N) is 1. The van der Waals surface area contributed by atoms with Crippen molar-refractivity contribution in [3.8, 4) is 0 Å². The van der Waals surface area contributed by atoms with E-state index in [1.165, 1.54) is 17.4 Å². The van der Waals surface area contributed by atoms with Crippen molar-refractivity contribution >= 4 is 27.3 Å². The van der Waals surface area contributed by atoms with Gasteiger partial charge in [0.1, 0.15) is 5.82 Å². The van der Waals surface area contributed by atoms with Gasteiger partial charge >= 0.3 is 0 Å². The summed E-state index contributed by atoms with van der Waals surface area (Å²) in [5, 5.41) is 0.532. The summed E-state index contributed by atoms with van der Waals surface area (Å²) < 4.78 is 14.9. The fourth-order valence-electron chi connectivity index (χ4n) is 2.34. The van der Waals surface area contributed by atoms with Gasteiger partial charge in [-0.1, -0.05) is 19.4 Å². The number of rotatable bonds is 6. The number of hydrazine groups is 1. The molecule has 0 radical (unpaired) electrons. The third-order valence-electron chi connectivity index (χ3n) is 3.42. The normalized spacial score (nSPS) is 11.3. The molecule has 0 unspecified atom stereocenters. The number of thiophene rings is 1. The Bertz CT molecular complexity index is 641. The van der Waals surface area contributed by atoms with E-state index in [4.69, 9.17) is 5.84 Å². The number of carbonyl (C=O) groups is 1. The molecule has 0 bridgehead atoms. The smallest absolute Gasteiger partial charge is 0.275 e. The topological polar surface area (TPSA) is 58.4 Å². The second-order valence-corrected chi connectivity index (χ2v) is 6.14. The van der Waals surface area contributed by atoms with Crippen molar-refractivity contribution in [2.45, 2.75) is 26.3 Å². The summed E-state index contributed by atoms with van der Waals surface area (Å²) in [6.45, 7) is 3.57. The van der Waals surface area contributed by atoms with E-state index in [0.29, 0.717) is 16.8 Å². The summed E-state index contributed by atoms with van der Waals surface area (Å²) in [4.78, 5) is 14.5. The molecular weight excluding hydrogens is 289 g/mol. The van der Waals surface area contributed by atoms with Crippen LogP contribution in [0.15, 0.2) is 18.2 Å². The molecule has 1 aromatic carbocycles. The van der Waals surface area contributed by atoms with E-state index >= 15 is 0 Å². The van der Waals surface area contributed by atoms with Gasteiger partial charge in [-0.25, -0.2) is 10.2 Å². The Kier molecular flexibility index (Phi) is 5.27. The van der Waals surface area contributed by atoms with Crippen LogP contribution in [0, 0.1) is 5.82 Å². The SMILES string of the molecule is CCCCN(C)Cc1c(C(=O)NN)sc2cccc(F)c12. The van der Waals surface area contributed by atoms with Crippen LogP contribution in [0.4, 0.5) is 4.39 Å². The Hall–Kier alpha value is -1.50. The highest BCUT2D eigenvalue weighted by Crippen LogP contribution is 2.34. The van der Waals surface area contributed by atoms with E-state index in [0.717, 1.165) is 29.6 Å². The zero-order valence-electron chi connectivity index (χ0n) is 12.3. The van der Waals surface area contributed by atoms with E-state index in [-0.39, 0.29) is 11.7 Å². The van der Waals surface area contributed by atoms with E-state index in [1.807, 2.05) is 13.1 Å². The number of amides is 1. The summed E-state index contributed by atoms with van der Waals surface area (Å²) >= 11 is 1.28. The largest absolute Gasteiger partial charge is 0.302 e. The monoisotopic (exact) mass is 309 g/mol.